The third-order valence-corrected chi connectivity index (χ3v) is 18.5. The first-order valence-corrected chi connectivity index (χ1v) is 29.1. The largest absolute Gasteiger partial charge is 0.493 e. The van der Waals surface area contributed by atoms with Crippen molar-refractivity contribution in [2.45, 2.75) is 115 Å². The number of nitrogens with two attached hydrogens (primary N) is 1. The first-order valence-electron chi connectivity index (χ1n) is 26.5. The monoisotopic (exact) mass is 1170 g/mol. The molecule has 76 heavy (non-hydrogen) atoms. The van der Waals surface area contributed by atoms with Crippen LogP contribution in [0.3, 0.4) is 0 Å². The number of amides is 1. The molecule has 3 aromatic carbocycles. The van der Waals surface area contributed by atoms with E-state index in [4.69, 9.17) is 19.9 Å². The molecular formula is C57H72FIN8O8S. The van der Waals surface area contributed by atoms with Crippen LogP contribution in [0.4, 0.5) is 15.9 Å². The van der Waals surface area contributed by atoms with Gasteiger partial charge in [-0.3, -0.25) is 14.6 Å². The number of ether oxygens (including phenoxy) is 3. The molecule has 1 aromatic heterocycles. The van der Waals surface area contributed by atoms with Crippen LogP contribution in [0.25, 0.3) is 6.08 Å². The molecule has 0 bridgehead atoms. The normalized spacial score (nSPS) is 23.7. The lowest BCUT2D eigenvalue weighted by Gasteiger charge is -2.58. The quantitative estimate of drug-likeness (QED) is 0.0358. The van der Waals surface area contributed by atoms with Gasteiger partial charge in [0.1, 0.15) is 23.1 Å². The number of H-pyrrole nitrogens is 1. The number of carbonyl (C=O) groups excluding carboxylic acids is 1. The Morgan fingerprint density at radius 2 is 1.74 bits per heavy atom. The maximum absolute atomic E-state index is 16.6. The molecule has 6 N–H and O–H groups in total. The fraction of sp³-hybridized carbons (Fsp3) is 0.491. The summed E-state index contributed by atoms with van der Waals surface area (Å²) < 4.78 is 64.1. The zero-order valence-electron chi connectivity index (χ0n) is 44.1. The summed E-state index contributed by atoms with van der Waals surface area (Å²) >= 11 is 1.95. The summed E-state index contributed by atoms with van der Waals surface area (Å²) in [4.78, 5) is 36.0. The molecule has 2 saturated carbocycles. The van der Waals surface area contributed by atoms with E-state index in [-0.39, 0.29) is 45.5 Å². The van der Waals surface area contributed by atoms with Gasteiger partial charge in [0.05, 0.1) is 42.0 Å². The number of allylic oxidation sites excluding steroid dienone is 1. The lowest BCUT2D eigenvalue weighted by molar-refractivity contribution is -0.0628. The van der Waals surface area contributed by atoms with Gasteiger partial charge in [-0.2, -0.15) is 0 Å². The van der Waals surface area contributed by atoms with Crippen molar-refractivity contribution in [3.05, 3.63) is 132 Å². The highest BCUT2D eigenvalue weighted by Crippen LogP contribution is 2.54. The lowest BCUT2D eigenvalue weighted by atomic mass is 9.59. The zero-order valence-corrected chi connectivity index (χ0v) is 47.1. The van der Waals surface area contributed by atoms with Crippen LogP contribution in [0, 0.1) is 22.1 Å². The number of carbonyl (C=O) groups is 1. The molecule has 4 aromatic rings. The molecule has 1 amide bonds. The second kappa shape index (κ2) is 23.3. The number of sulfonamides is 1. The van der Waals surface area contributed by atoms with Crippen LogP contribution in [-0.4, -0.2) is 105 Å². The number of hydrogen-bond donors (Lipinski definition) is 5. The minimum Gasteiger partial charge on any atom is -0.493 e. The van der Waals surface area contributed by atoms with Crippen LogP contribution in [0.1, 0.15) is 123 Å². The standard InChI is InChI=1S/C57H72FIN8O8S/c1-36(2)42-8-6-7-9-43(42)49-35-65(34-38-10-13-50(73-4)52(26-38)74-5)24-25-67(49)40-31-57(32-40)19-22-66(23-20-57)48-30-51(75-53(59)27-39-16-21-61-54(39)60)44(29-45(48)58)55(68)64-76(71,72)41-11-12-46(47(28-41)63-70)62-33-37-14-17-56(3,69)18-15-37/h6-11,13,16,21,26-30,36-37,40,46,49,61-62,69H,12,14-15,17-20,22-25,31-35,60H2,1-5H3,(H,64,68)/b53-27+/t37?,46?,49-,56?/m0/s1. The smallest absolute Gasteiger partial charge is 0.268 e. The number of piperazine rings is 1. The first kappa shape index (κ1) is 55.4. The molecule has 408 valence electrons. The first-order chi connectivity index (χ1) is 36.4. The van der Waals surface area contributed by atoms with E-state index in [0.717, 1.165) is 82.6 Å². The van der Waals surface area contributed by atoms with Crippen molar-refractivity contribution in [3.63, 3.8) is 0 Å². The summed E-state index contributed by atoms with van der Waals surface area (Å²) in [5.74, 6) is 0.655. The van der Waals surface area contributed by atoms with Gasteiger partial charge in [0, 0.05) is 69.2 Å². The van der Waals surface area contributed by atoms with Gasteiger partial charge in [-0.05, 0) is 169 Å². The second-order valence-electron chi connectivity index (χ2n) is 22.0. The van der Waals surface area contributed by atoms with Crippen molar-refractivity contribution >= 4 is 56.1 Å². The highest BCUT2D eigenvalue weighted by Gasteiger charge is 2.50. The summed E-state index contributed by atoms with van der Waals surface area (Å²) in [6.07, 6.45) is 12.9. The molecule has 9 rings (SSSR count). The van der Waals surface area contributed by atoms with Gasteiger partial charge in [0.2, 0.25) is 0 Å². The predicted octanol–water partition coefficient (Wildman–Crippen LogP) is 9.89. The second-order valence-corrected chi connectivity index (χ2v) is 24.8. The Balaban J connectivity index is 0.886. The van der Waals surface area contributed by atoms with Crippen LogP contribution >= 0.6 is 22.6 Å². The van der Waals surface area contributed by atoms with Crippen molar-refractivity contribution < 1.29 is 36.9 Å². The highest BCUT2D eigenvalue weighted by molar-refractivity contribution is 14.1. The number of benzene rings is 3. The maximum Gasteiger partial charge on any atom is 0.268 e. The number of methoxy groups -OCH3 is 2. The van der Waals surface area contributed by atoms with E-state index in [2.05, 4.69) is 80.2 Å². The number of nitrogens with zero attached hydrogens (tertiary/aromatic N) is 4. The third-order valence-electron chi connectivity index (χ3n) is 16.6. The highest BCUT2D eigenvalue weighted by atomic mass is 127. The number of rotatable bonds is 18. The molecule has 2 saturated heterocycles. The molecule has 1 spiro atoms. The molecule has 1 unspecified atom stereocenters. The third kappa shape index (κ3) is 12.5. The van der Waals surface area contributed by atoms with E-state index in [1.165, 1.54) is 28.8 Å². The number of aliphatic hydroxyl groups is 1. The number of anilines is 2. The molecule has 2 aliphatic heterocycles. The van der Waals surface area contributed by atoms with E-state index in [1.54, 1.807) is 32.6 Å². The predicted molar refractivity (Wildman–Crippen MR) is 303 cm³/mol. The van der Waals surface area contributed by atoms with Gasteiger partial charge in [-0.1, -0.05) is 50.3 Å². The molecule has 4 fully saturated rings. The Morgan fingerprint density at radius 1 is 1.00 bits per heavy atom. The summed E-state index contributed by atoms with van der Waals surface area (Å²) in [5, 5.41) is 16.8. The molecule has 3 heterocycles. The Hall–Kier alpha value is -5.32. The molecule has 19 heteroatoms. The number of aromatic nitrogens is 1. The van der Waals surface area contributed by atoms with Crippen LogP contribution in [0.2, 0.25) is 0 Å². The van der Waals surface area contributed by atoms with Gasteiger partial charge in [0.15, 0.2) is 15.3 Å². The maximum atomic E-state index is 16.6. The number of nitrogens with one attached hydrogen (secondary N) is 3. The number of halogens is 2. The van der Waals surface area contributed by atoms with Crippen molar-refractivity contribution in [1.29, 1.82) is 0 Å². The number of aromatic amines is 1. The van der Waals surface area contributed by atoms with Crippen molar-refractivity contribution in [3.8, 4) is 17.2 Å². The van der Waals surface area contributed by atoms with Crippen molar-refractivity contribution in [2.75, 3.05) is 64.1 Å². The number of nitroso groups, excluding NO2 is 1. The fourth-order valence-corrected chi connectivity index (χ4v) is 13.7. The van der Waals surface area contributed by atoms with Gasteiger partial charge in [-0.15, -0.1) is 4.91 Å². The van der Waals surface area contributed by atoms with Crippen LogP contribution in [-0.2, 0) is 16.6 Å². The summed E-state index contributed by atoms with van der Waals surface area (Å²) in [6.45, 7) is 11.7. The number of nitrogen functional groups attached to an aromatic ring is 1. The molecule has 16 nitrogen and oxygen atoms in total. The summed E-state index contributed by atoms with van der Waals surface area (Å²) in [5.41, 5.74) is 9.99. The van der Waals surface area contributed by atoms with E-state index in [9.17, 15) is 23.2 Å². The average molecular weight is 1180 g/mol. The van der Waals surface area contributed by atoms with Gasteiger partial charge in [0.25, 0.3) is 15.9 Å². The molecule has 2 atom stereocenters. The van der Waals surface area contributed by atoms with Gasteiger partial charge in [-0.25, -0.2) is 17.5 Å². The molecule has 0 radical (unpaired) electrons. The van der Waals surface area contributed by atoms with E-state index in [1.807, 2.05) is 40.5 Å². The van der Waals surface area contributed by atoms with Crippen LogP contribution in [0.15, 0.2) is 98.6 Å². The minimum absolute atomic E-state index is 0.0138. The van der Waals surface area contributed by atoms with E-state index < -0.39 is 33.4 Å². The Kier molecular flexibility index (Phi) is 17.0. The lowest BCUT2D eigenvalue weighted by Crippen LogP contribution is -2.60. The number of hydrogen-bond acceptors (Lipinski definition) is 14. The molecule has 3 aliphatic carbocycles. The fourth-order valence-electron chi connectivity index (χ4n) is 12.1. The number of piperidine rings is 1. The molecule has 5 aliphatic rings. The molecular weight excluding hydrogens is 1100 g/mol. The van der Waals surface area contributed by atoms with Crippen molar-refractivity contribution in [1.82, 2.24) is 24.8 Å². The topological polar surface area (TPSA) is 204 Å². The van der Waals surface area contributed by atoms with E-state index >= 15 is 4.39 Å². The van der Waals surface area contributed by atoms with E-state index in [0.29, 0.717) is 71.3 Å². The Morgan fingerprint density at radius 3 is 2.42 bits per heavy atom. The van der Waals surface area contributed by atoms with Crippen LogP contribution in [0.5, 0.6) is 17.2 Å². The Labute approximate surface area is 459 Å². The van der Waals surface area contributed by atoms with Gasteiger partial charge >= 0.3 is 0 Å². The summed E-state index contributed by atoms with van der Waals surface area (Å²) in [6, 6.07) is 19.4. The zero-order chi connectivity index (χ0) is 53.9. The SMILES string of the molecule is COc1ccc(CN2CCN(C3CC4(CCN(c5cc(O/C(I)=C/c6cc[nH]c6N)c(C(=O)NS(=O)(=O)C6=CCC(NCC7CCC(C)(O)CC7)C(N=O)=C6)cc5F)CC4)C3)[C@H](c3ccccc3C(C)C)C2)cc1OC. The summed E-state index contributed by atoms with van der Waals surface area (Å²) in [7, 11) is -1.24. The van der Waals surface area contributed by atoms with Crippen molar-refractivity contribution in [2.24, 2.45) is 16.5 Å². The van der Waals surface area contributed by atoms with Gasteiger partial charge < -0.3 is 40.3 Å². The minimum atomic E-state index is -4.56. The van der Waals surface area contributed by atoms with Crippen LogP contribution < -0.4 is 34.9 Å². The Bertz CT molecular complexity index is 2970. The average Bonchev–Trinajstić information content (AvgIpc) is 3.87.